The molecule has 0 aromatic heterocycles. The number of alkyl halides is 1. The van der Waals surface area contributed by atoms with Gasteiger partial charge < -0.3 is 4.79 Å². The van der Waals surface area contributed by atoms with E-state index in [1.54, 1.807) is 0 Å². The Morgan fingerprint density at radius 2 is 1.50 bits per heavy atom. The summed E-state index contributed by atoms with van der Waals surface area (Å²) < 4.78 is 0. The quantitative estimate of drug-likeness (QED) is 0.632. The largest absolute Gasteiger partial charge is 0.307 e. The normalized spacial score (nSPS) is 11.9. The summed E-state index contributed by atoms with van der Waals surface area (Å²) in [6, 6.07) is 0. The fourth-order valence-electron chi connectivity index (χ4n) is 1.76. The highest BCUT2D eigenvalue weighted by Gasteiger charge is 2.26. The van der Waals surface area contributed by atoms with Gasteiger partial charge in [0.05, 0.1) is 0 Å². The zero-order chi connectivity index (χ0) is 11.8. The van der Waals surface area contributed by atoms with Crippen LogP contribution in [0, 0.1) is 10.8 Å². The molecule has 0 fully saturated rings. The van der Waals surface area contributed by atoms with Gasteiger partial charge in [-0.1, -0.05) is 41.0 Å². The number of hydrogen-bond acceptors (Lipinski definition) is 1. The van der Waals surface area contributed by atoms with Gasteiger partial charge in [0.15, 0.2) is 0 Å². The van der Waals surface area contributed by atoms with Gasteiger partial charge in [-0.05, 0) is 23.7 Å². The number of rotatable bonds is 5. The molecule has 0 rings (SSSR count). The number of halogens is 1. The zero-order valence-electron chi connectivity index (χ0n) is 10.3. The molecule has 0 aliphatic rings. The van der Waals surface area contributed by atoms with E-state index in [0.717, 1.165) is 12.3 Å². The predicted octanol–water partition coefficient (Wildman–Crippen LogP) is 4.28. The van der Waals surface area contributed by atoms with E-state index in [4.69, 9.17) is 16.4 Å². The molecule has 0 heterocycles. The van der Waals surface area contributed by atoms with Crippen molar-refractivity contribution < 1.29 is 4.79 Å². The van der Waals surface area contributed by atoms with Gasteiger partial charge in [-0.3, -0.25) is 0 Å². The Labute approximate surface area is 94.2 Å². The van der Waals surface area contributed by atoms with Crippen LogP contribution in [0.15, 0.2) is 0 Å². The predicted molar refractivity (Wildman–Crippen MR) is 64.9 cm³/mol. The van der Waals surface area contributed by atoms with Gasteiger partial charge in [0.1, 0.15) is 6.79 Å². The van der Waals surface area contributed by atoms with Gasteiger partial charge >= 0.3 is 0 Å². The third-order valence-electron chi connectivity index (χ3n) is 2.69. The molecular formula is C12H25ClO. The van der Waals surface area contributed by atoms with Crippen molar-refractivity contribution in [2.24, 2.45) is 10.8 Å². The third-order valence-corrected chi connectivity index (χ3v) is 2.87. The first-order chi connectivity index (χ1) is 6.33. The molecule has 0 saturated heterocycles. The highest BCUT2D eigenvalue weighted by atomic mass is 35.5. The molecule has 0 aromatic rings. The molecule has 0 saturated carbocycles. The summed E-state index contributed by atoms with van der Waals surface area (Å²) in [7, 11) is 0. The summed E-state index contributed by atoms with van der Waals surface area (Å²) in [5.74, 6) is 0.785. The lowest BCUT2D eigenvalue weighted by molar-refractivity contribution is -0.0979. The SMILES string of the molecule is C=O.CCC(C)(C)CC(C)(C)CCCl. The Balaban J connectivity index is 0. The summed E-state index contributed by atoms with van der Waals surface area (Å²) in [6.07, 6.45) is 3.64. The van der Waals surface area contributed by atoms with E-state index >= 15 is 0 Å². The molecule has 0 aliphatic heterocycles. The van der Waals surface area contributed by atoms with E-state index in [9.17, 15) is 0 Å². The van der Waals surface area contributed by atoms with E-state index in [2.05, 4.69) is 34.6 Å². The molecule has 0 amide bonds. The van der Waals surface area contributed by atoms with Crippen molar-refractivity contribution in [1.29, 1.82) is 0 Å². The minimum absolute atomic E-state index is 0.404. The Bertz CT molecular complexity index is 141. The van der Waals surface area contributed by atoms with Crippen LogP contribution in [0.3, 0.4) is 0 Å². The maximum absolute atomic E-state index is 8.00. The van der Waals surface area contributed by atoms with Crippen molar-refractivity contribution in [2.45, 2.75) is 53.9 Å². The minimum atomic E-state index is 0.404. The zero-order valence-corrected chi connectivity index (χ0v) is 11.1. The van der Waals surface area contributed by atoms with Crippen molar-refractivity contribution in [1.82, 2.24) is 0 Å². The molecule has 86 valence electrons. The van der Waals surface area contributed by atoms with Crippen LogP contribution < -0.4 is 0 Å². The van der Waals surface area contributed by atoms with Crippen molar-refractivity contribution >= 4 is 18.4 Å². The molecule has 0 aliphatic carbocycles. The number of carbonyl (C=O) groups is 1. The lowest BCUT2D eigenvalue weighted by Gasteiger charge is -2.34. The van der Waals surface area contributed by atoms with Crippen LogP contribution in [0.2, 0.25) is 0 Å². The topological polar surface area (TPSA) is 17.1 Å². The van der Waals surface area contributed by atoms with Crippen LogP contribution in [0.25, 0.3) is 0 Å². The first-order valence-corrected chi connectivity index (χ1v) is 5.71. The Morgan fingerprint density at radius 3 is 1.79 bits per heavy atom. The summed E-state index contributed by atoms with van der Waals surface area (Å²) in [6.45, 7) is 13.6. The van der Waals surface area contributed by atoms with Crippen molar-refractivity contribution in [3.05, 3.63) is 0 Å². The summed E-state index contributed by atoms with van der Waals surface area (Å²) in [5.41, 5.74) is 0.872. The molecule has 0 N–H and O–H groups in total. The second kappa shape index (κ2) is 7.28. The summed E-state index contributed by atoms with van der Waals surface area (Å²) in [4.78, 5) is 8.00. The van der Waals surface area contributed by atoms with Gasteiger partial charge in [0, 0.05) is 5.88 Å². The van der Waals surface area contributed by atoms with Gasteiger partial charge in [-0.25, -0.2) is 0 Å². The van der Waals surface area contributed by atoms with Gasteiger partial charge in [-0.2, -0.15) is 0 Å². The average molecular weight is 221 g/mol. The van der Waals surface area contributed by atoms with Crippen LogP contribution in [0.4, 0.5) is 0 Å². The fraction of sp³-hybridized carbons (Fsp3) is 0.917. The van der Waals surface area contributed by atoms with Gasteiger partial charge in [0.25, 0.3) is 0 Å². The number of hydrogen-bond donors (Lipinski definition) is 0. The minimum Gasteiger partial charge on any atom is -0.307 e. The molecular weight excluding hydrogens is 196 g/mol. The second-order valence-electron chi connectivity index (χ2n) is 5.30. The lowest BCUT2D eigenvalue weighted by Crippen LogP contribution is -2.22. The van der Waals surface area contributed by atoms with E-state index in [1.807, 2.05) is 6.79 Å². The highest BCUT2D eigenvalue weighted by molar-refractivity contribution is 6.17. The van der Waals surface area contributed by atoms with Gasteiger partial charge in [-0.15, -0.1) is 11.6 Å². The average Bonchev–Trinajstić information content (AvgIpc) is 2.06. The third kappa shape index (κ3) is 8.55. The fourth-order valence-corrected chi connectivity index (χ4v) is 2.28. The Morgan fingerprint density at radius 1 is 1.07 bits per heavy atom. The lowest BCUT2D eigenvalue weighted by atomic mass is 9.72. The molecule has 0 radical (unpaired) electrons. The van der Waals surface area contributed by atoms with E-state index in [0.29, 0.717) is 10.8 Å². The molecule has 0 unspecified atom stereocenters. The van der Waals surface area contributed by atoms with Crippen molar-refractivity contribution in [3.63, 3.8) is 0 Å². The molecule has 14 heavy (non-hydrogen) atoms. The number of carbonyl (C=O) groups excluding carboxylic acids is 1. The Kier molecular flexibility index (Phi) is 8.52. The molecule has 0 spiro atoms. The van der Waals surface area contributed by atoms with Crippen LogP contribution >= 0.6 is 11.6 Å². The maximum atomic E-state index is 8.00. The monoisotopic (exact) mass is 220 g/mol. The first kappa shape index (κ1) is 16.4. The van der Waals surface area contributed by atoms with Gasteiger partial charge in [0.2, 0.25) is 0 Å². The van der Waals surface area contributed by atoms with E-state index in [-0.39, 0.29) is 0 Å². The summed E-state index contributed by atoms with van der Waals surface area (Å²) in [5, 5.41) is 0. The summed E-state index contributed by atoms with van der Waals surface area (Å²) >= 11 is 5.76. The smallest absolute Gasteiger partial charge is 0.106 e. The Hall–Kier alpha value is -0.0400. The van der Waals surface area contributed by atoms with Crippen LogP contribution in [-0.4, -0.2) is 12.7 Å². The van der Waals surface area contributed by atoms with Crippen molar-refractivity contribution in [3.8, 4) is 0 Å². The second-order valence-corrected chi connectivity index (χ2v) is 5.68. The molecule has 0 atom stereocenters. The highest BCUT2D eigenvalue weighted by Crippen LogP contribution is 2.38. The standard InChI is InChI=1S/C11H23Cl.CH2O/c1-6-10(2,3)9-11(4,5)7-8-12;1-2/h6-9H2,1-5H3;1H2. The van der Waals surface area contributed by atoms with E-state index in [1.165, 1.54) is 12.8 Å². The molecule has 0 bridgehead atoms. The molecule has 0 aromatic carbocycles. The van der Waals surface area contributed by atoms with Crippen molar-refractivity contribution in [2.75, 3.05) is 5.88 Å². The maximum Gasteiger partial charge on any atom is 0.106 e. The molecule has 1 nitrogen and oxygen atoms in total. The van der Waals surface area contributed by atoms with Crippen LogP contribution in [-0.2, 0) is 4.79 Å². The van der Waals surface area contributed by atoms with Crippen LogP contribution in [0.1, 0.15) is 53.9 Å². The first-order valence-electron chi connectivity index (χ1n) is 5.18. The van der Waals surface area contributed by atoms with Crippen LogP contribution in [0.5, 0.6) is 0 Å². The molecule has 2 heteroatoms. The van der Waals surface area contributed by atoms with E-state index < -0.39 is 0 Å².